The first-order chi connectivity index (χ1) is 13.6. The van der Waals surface area contributed by atoms with Gasteiger partial charge >= 0.3 is 5.97 Å². The molecule has 0 radical (unpaired) electrons. The Morgan fingerprint density at radius 2 is 1.93 bits per heavy atom. The third kappa shape index (κ3) is 4.24. The topological polar surface area (TPSA) is 64.6 Å². The Bertz CT molecular complexity index is 892. The number of hydrogen-bond donors (Lipinski definition) is 1. The van der Waals surface area contributed by atoms with E-state index in [9.17, 15) is 9.59 Å². The second kappa shape index (κ2) is 8.05. The molecule has 156 valence electrons. The summed E-state index contributed by atoms with van der Waals surface area (Å²) in [5.74, 6) is -0.134. The highest BCUT2D eigenvalue weighted by Crippen LogP contribution is 2.48. The summed E-state index contributed by atoms with van der Waals surface area (Å²) >= 11 is 0. The molecule has 0 bridgehead atoms. The SMILES string of the molecule is CCOC(=O)C1=C(C)NC2=C(C(=O)CC(C)(C)C2)[C@@H]1c1ccccc1OC(C)C. The van der Waals surface area contributed by atoms with Crippen molar-refractivity contribution in [2.75, 3.05) is 6.61 Å². The lowest BCUT2D eigenvalue weighted by atomic mass is 9.68. The Hall–Kier alpha value is -2.56. The molecule has 1 aliphatic heterocycles. The largest absolute Gasteiger partial charge is 0.491 e. The van der Waals surface area contributed by atoms with Crippen molar-refractivity contribution in [2.24, 2.45) is 5.41 Å². The number of allylic oxidation sites excluding steroid dienone is 3. The molecular formula is C24H31NO4. The van der Waals surface area contributed by atoms with Crippen molar-refractivity contribution < 1.29 is 19.1 Å². The first kappa shape index (κ1) is 21.2. The molecule has 0 amide bonds. The van der Waals surface area contributed by atoms with E-state index in [4.69, 9.17) is 9.47 Å². The van der Waals surface area contributed by atoms with Crippen molar-refractivity contribution in [2.45, 2.75) is 66.4 Å². The molecule has 29 heavy (non-hydrogen) atoms. The van der Waals surface area contributed by atoms with Gasteiger partial charge in [0, 0.05) is 29.0 Å². The number of nitrogens with one attached hydrogen (secondary N) is 1. The van der Waals surface area contributed by atoms with E-state index in [0.29, 0.717) is 23.3 Å². The van der Waals surface area contributed by atoms with Crippen LogP contribution in [0.5, 0.6) is 5.75 Å². The minimum absolute atomic E-state index is 0.0246. The van der Waals surface area contributed by atoms with Gasteiger partial charge in [-0.25, -0.2) is 4.79 Å². The summed E-state index contributed by atoms with van der Waals surface area (Å²) in [5, 5.41) is 3.35. The van der Waals surface area contributed by atoms with E-state index in [-0.39, 0.29) is 23.9 Å². The zero-order valence-corrected chi connectivity index (χ0v) is 18.2. The zero-order valence-electron chi connectivity index (χ0n) is 18.2. The van der Waals surface area contributed by atoms with E-state index in [2.05, 4.69) is 19.2 Å². The van der Waals surface area contributed by atoms with Crippen LogP contribution in [0.1, 0.15) is 65.9 Å². The summed E-state index contributed by atoms with van der Waals surface area (Å²) < 4.78 is 11.4. The van der Waals surface area contributed by atoms with Gasteiger partial charge < -0.3 is 14.8 Å². The molecule has 0 saturated heterocycles. The molecule has 0 fully saturated rings. The lowest BCUT2D eigenvalue weighted by Gasteiger charge is -2.39. The number of dihydropyridines is 1. The predicted octanol–water partition coefficient (Wildman–Crippen LogP) is 4.64. The molecule has 0 unspecified atom stereocenters. The van der Waals surface area contributed by atoms with Gasteiger partial charge in [-0.2, -0.15) is 0 Å². The first-order valence-electron chi connectivity index (χ1n) is 10.3. The second-order valence-electron chi connectivity index (χ2n) is 8.85. The Morgan fingerprint density at radius 3 is 2.59 bits per heavy atom. The highest BCUT2D eigenvalue weighted by molar-refractivity contribution is 6.04. The van der Waals surface area contributed by atoms with Crippen LogP contribution in [0.2, 0.25) is 0 Å². The number of hydrogen-bond acceptors (Lipinski definition) is 5. The number of carbonyl (C=O) groups is 2. The molecule has 0 aromatic heterocycles. The number of ether oxygens (including phenoxy) is 2. The Morgan fingerprint density at radius 1 is 1.24 bits per heavy atom. The number of para-hydroxylation sites is 1. The van der Waals surface area contributed by atoms with Crippen LogP contribution in [0, 0.1) is 5.41 Å². The van der Waals surface area contributed by atoms with Gasteiger partial charge in [-0.15, -0.1) is 0 Å². The van der Waals surface area contributed by atoms with Gasteiger partial charge in [0.15, 0.2) is 5.78 Å². The van der Waals surface area contributed by atoms with Gasteiger partial charge in [-0.1, -0.05) is 32.0 Å². The van der Waals surface area contributed by atoms with E-state index >= 15 is 0 Å². The molecule has 1 aromatic carbocycles. The fourth-order valence-electron chi connectivity index (χ4n) is 4.31. The highest BCUT2D eigenvalue weighted by atomic mass is 16.5. The average molecular weight is 398 g/mol. The van der Waals surface area contributed by atoms with E-state index in [0.717, 1.165) is 23.4 Å². The Labute approximate surface area is 173 Å². The van der Waals surface area contributed by atoms with E-state index < -0.39 is 11.9 Å². The van der Waals surface area contributed by atoms with Crippen molar-refractivity contribution in [3.8, 4) is 5.75 Å². The van der Waals surface area contributed by atoms with E-state index in [1.807, 2.05) is 45.0 Å². The smallest absolute Gasteiger partial charge is 0.336 e. The third-order valence-corrected chi connectivity index (χ3v) is 5.33. The molecule has 0 saturated carbocycles. The summed E-state index contributed by atoms with van der Waals surface area (Å²) in [6.07, 6.45) is 1.18. The van der Waals surface area contributed by atoms with Gasteiger partial charge in [0.1, 0.15) is 5.75 Å². The minimum atomic E-state index is -0.496. The van der Waals surface area contributed by atoms with Crippen molar-refractivity contribution in [1.82, 2.24) is 5.32 Å². The van der Waals surface area contributed by atoms with Gasteiger partial charge in [0.25, 0.3) is 0 Å². The number of rotatable bonds is 5. The van der Waals surface area contributed by atoms with Crippen LogP contribution in [0.4, 0.5) is 0 Å². The molecule has 1 aliphatic carbocycles. The number of Topliss-reactive ketones (excluding diaryl/α,β-unsaturated/α-hetero) is 1. The lowest BCUT2D eigenvalue weighted by molar-refractivity contribution is -0.138. The summed E-state index contributed by atoms with van der Waals surface area (Å²) in [6, 6.07) is 7.66. The van der Waals surface area contributed by atoms with Gasteiger partial charge in [0.05, 0.1) is 24.2 Å². The number of benzene rings is 1. The highest BCUT2D eigenvalue weighted by Gasteiger charge is 2.43. The summed E-state index contributed by atoms with van der Waals surface area (Å²) in [7, 11) is 0. The van der Waals surface area contributed by atoms with Crippen molar-refractivity contribution >= 4 is 11.8 Å². The Balaban J connectivity index is 2.22. The zero-order chi connectivity index (χ0) is 21.3. The van der Waals surface area contributed by atoms with E-state index in [1.165, 1.54) is 0 Å². The monoisotopic (exact) mass is 397 g/mol. The fourth-order valence-corrected chi connectivity index (χ4v) is 4.31. The number of ketones is 1. The van der Waals surface area contributed by atoms with Crippen LogP contribution in [-0.2, 0) is 14.3 Å². The molecule has 0 spiro atoms. The van der Waals surface area contributed by atoms with Crippen LogP contribution in [-0.4, -0.2) is 24.5 Å². The lowest BCUT2D eigenvalue weighted by Crippen LogP contribution is -2.38. The quantitative estimate of drug-likeness (QED) is 0.733. The maximum Gasteiger partial charge on any atom is 0.336 e. The average Bonchev–Trinajstić information content (AvgIpc) is 2.59. The van der Waals surface area contributed by atoms with Crippen molar-refractivity contribution in [3.05, 3.63) is 52.4 Å². The van der Waals surface area contributed by atoms with Crippen LogP contribution in [0.15, 0.2) is 46.8 Å². The van der Waals surface area contributed by atoms with Crippen molar-refractivity contribution in [3.63, 3.8) is 0 Å². The van der Waals surface area contributed by atoms with Gasteiger partial charge in [-0.05, 0) is 45.6 Å². The summed E-state index contributed by atoms with van der Waals surface area (Å²) in [6.45, 7) is 12.1. The molecule has 1 atom stereocenters. The fraction of sp³-hybridized carbons (Fsp3) is 0.500. The Kier molecular flexibility index (Phi) is 5.87. The minimum Gasteiger partial charge on any atom is -0.491 e. The summed E-state index contributed by atoms with van der Waals surface area (Å²) in [4.78, 5) is 26.2. The molecule has 5 nitrogen and oxygen atoms in total. The van der Waals surface area contributed by atoms with Gasteiger partial charge in [-0.3, -0.25) is 4.79 Å². The van der Waals surface area contributed by atoms with Gasteiger partial charge in [0.2, 0.25) is 0 Å². The normalized spacial score (nSPS) is 21.1. The maximum atomic E-state index is 13.3. The maximum absolute atomic E-state index is 13.3. The van der Waals surface area contributed by atoms with Crippen LogP contribution >= 0.6 is 0 Å². The van der Waals surface area contributed by atoms with Crippen LogP contribution in [0.25, 0.3) is 0 Å². The molecule has 3 rings (SSSR count). The number of carbonyl (C=O) groups excluding carboxylic acids is 2. The third-order valence-electron chi connectivity index (χ3n) is 5.33. The molecule has 5 heteroatoms. The van der Waals surface area contributed by atoms with Crippen LogP contribution < -0.4 is 10.1 Å². The molecule has 1 aromatic rings. The molecular weight excluding hydrogens is 366 g/mol. The van der Waals surface area contributed by atoms with E-state index in [1.54, 1.807) is 6.92 Å². The summed E-state index contributed by atoms with van der Waals surface area (Å²) in [5.41, 5.74) is 3.49. The molecule has 2 aliphatic rings. The number of esters is 1. The second-order valence-corrected chi connectivity index (χ2v) is 8.85. The van der Waals surface area contributed by atoms with Crippen molar-refractivity contribution in [1.29, 1.82) is 0 Å². The molecule has 1 N–H and O–H groups in total. The standard InChI is InChI=1S/C24H31NO4/c1-7-28-23(27)20-15(4)25-17-12-24(5,6)13-18(26)22(17)21(20)16-10-8-9-11-19(16)29-14(2)3/h8-11,14,21,25H,7,12-13H2,1-6H3/t21-/m1/s1. The first-order valence-corrected chi connectivity index (χ1v) is 10.3. The predicted molar refractivity (Wildman–Crippen MR) is 112 cm³/mol. The molecule has 1 heterocycles. The van der Waals surface area contributed by atoms with Crippen LogP contribution in [0.3, 0.4) is 0 Å².